The van der Waals surface area contributed by atoms with Crippen LogP contribution in [0, 0.1) is 0 Å². The molecule has 108 valence electrons. The average molecular weight is 284 g/mol. The zero-order valence-corrected chi connectivity index (χ0v) is 11.7. The molecule has 0 amide bonds. The smallest absolute Gasteiger partial charge is 0.338 e. The maximum atomic E-state index is 11.6. The summed E-state index contributed by atoms with van der Waals surface area (Å²) in [4.78, 5) is 22.2. The number of benzene rings is 2. The molecule has 0 aliphatic rings. The van der Waals surface area contributed by atoms with Crippen molar-refractivity contribution in [1.29, 1.82) is 0 Å². The highest BCUT2D eigenvalue weighted by atomic mass is 16.5. The van der Waals surface area contributed by atoms with E-state index in [-0.39, 0.29) is 5.97 Å². The molecule has 2 aromatic carbocycles. The standard InChI is InChI=1S/C17H16O4/c1-2-20-17(19)15-5-3-4-14(10-15)12-21-16-8-6-13(11-18)7-9-16/h3-11H,2,12H2,1H3. The van der Waals surface area contributed by atoms with Crippen LogP contribution in [0.5, 0.6) is 5.75 Å². The van der Waals surface area contributed by atoms with Crippen LogP contribution in [0.1, 0.15) is 33.2 Å². The molecule has 0 heterocycles. The Balaban J connectivity index is 2.00. The lowest BCUT2D eigenvalue weighted by Gasteiger charge is -2.08. The second-order valence-electron chi connectivity index (χ2n) is 4.40. The summed E-state index contributed by atoms with van der Waals surface area (Å²) < 4.78 is 10.6. The monoisotopic (exact) mass is 284 g/mol. The Morgan fingerprint density at radius 3 is 2.57 bits per heavy atom. The molecule has 0 bridgehead atoms. The van der Waals surface area contributed by atoms with Gasteiger partial charge in [0.05, 0.1) is 12.2 Å². The summed E-state index contributed by atoms with van der Waals surface area (Å²) in [6, 6.07) is 14.0. The first kappa shape index (κ1) is 14.8. The number of carbonyl (C=O) groups excluding carboxylic acids is 2. The van der Waals surface area contributed by atoms with Gasteiger partial charge in [0.2, 0.25) is 0 Å². The molecule has 0 radical (unpaired) electrons. The molecule has 0 spiro atoms. The fourth-order valence-electron chi connectivity index (χ4n) is 1.81. The maximum absolute atomic E-state index is 11.6. The van der Waals surface area contributed by atoms with Crippen molar-refractivity contribution in [3.63, 3.8) is 0 Å². The molecule has 0 unspecified atom stereocenters. The van der Waals surface area contributed by atoms with Gasteiger partial charge >= 0.3 is 5.97 Å². The molecule has 0 aromatic heterocycles. The number of hydrogen-bond acceptors (Lipinski definition) is 4. The molecule has 0 aliphatic carbocycles. The molecule has 0 atom stereocenters. The van der Waals surface area contributed by atoms with Crippen LogP contribution in [0.2, 0.25) is 0 Å². The largest absolute Gasteiger partial charge is 0.489 e. The van der Waals surface area contributed by atoms with Crippen molar-refractivity contribution < 1.29 is 19.1 Å². The van der Waals surface area contributed by atoms with E-state index < -0.39 is 0 Å². The second kappa shape index (κ2) is 7.24. The van der Waals surface area contributed by atoms with Crippen LogP contribution in [0.25, 0.3) is 0 Å². The Morgan fingerprint density at radius 1 is 1.14 bits per heavy atom. The first-order chi connectivity index (χ1) is 10.2. The quantitative estimate of drug-likeness (QED) is 0.603. The minimum Gasteiger partial charge on any atom is -0.489 e. The second-order valence-corrected chi connectivity index (χ2v) is 4.40. The van der Waals surface area contributed by atoms with Crippen molar-refractivity contribution in [2.75, 3.05) is 6.61 Å². The van der Waals surface area contributed by atoms with Crippen molar-refractivity contribution in [2.45, 2.75) is 13.5 Å². The minimum absolute atomic E-state index is 0.338. The third-order valence-corrected chi connectivity index (χ3v) is 2.86. The summed E-state index contributed by atoms with van der Waals surface area (Å²) >= 11 is 0. The summed E-state index contributed by atoms with van der Waals surface area (Å²) in [5, 5.41) is 0. The van der Waals surface area contributed by atoms with E-state index in [9.17, 15) is 9.59 Å². The maximum Gasteiger partial charge on any atom is 0.338 e. The molecule has 2 aromatic rings. The first-order valence-electron chi connectivity index (χ1n) is 6.67. The van der Waals surface area contributed by atoms with Crippen LogP contribution in [0.15, 0.2) is 48.5 Å². The van der Waals surface area contributed by atoms with E-state index in [0.717, 1.165) is 11.8 Å². The zero-order valence-electron chi connectivity index (χ0n) is 11.7. The summed E-state index contributed by atoms with van der Waals surface area (Å²) in [5.41, 5.74) is 1.99. The highest BCUT2D eigenvalue weighted by Crippen LogP contribution is 2.14. The molecule has 0 saturated heterocycles. The van der Waals surface area contributed by atoms with E-state index >= 15 is 0 Å². The van der Waals surface area contributed by atoms with Crippen molar-refractivity contribution >= 4 is 12.3 Å². The normalized spacial score (nSPS) is 9.95. The molecule has 2 rings (SSSR count). The van der Waals surface area contributed by atoms with Crippen LogP contribution in [0.3, 0.4) is 0 Å². The minimum atomic E-state index is -0.338. The van der Waals surface area contributed by atoms with E-state index in [2.05, 4.69) is 0 Å². The molecule has 4 heteroatoms. The van der Waals surface area contributed by atoms with E-state index in [1.54, 1.807) is 49.4 Å². The van der Waals surface area contributed by atoms with Crippen molar-refractivity contribution in [2.24, 2.45) is 0 Å². The third-order valence-electron chi connectivity index (χ3n) is 2.86. The summed E-state index contributed by atoms with van der Waals surface area (Å²) in [6.07, 6.45) is 0.784. The molecule has 0 fully saturated rings. The summed E-state index contributed by atoms with van der Waals surface area (Å²) in [5.74, 6) is 0.330. The van der Waals surface area contributed by atoms with Crippen molar-refractivity contribution in [3.8, 4) is 5.75 Å². The van der Waals surface area contributed by atoms with E-state index in [1.165, 1.54) is 0 Å². The van der Waals surface area contributed by atoms with Crippen molar-refractivity contribution in [1.82, 2.24) is 0 Å². The fraction of sp³-hybridized carbons (Fsp3) is 0.176. The van der Waals surface area contributed by atoms with Gasteiger partial charge in [-0.2, -0.15) is 0 Å². The number of carbonyl (C=O) groups is 2. The molecule has 0 saturated carbocycles. The molecule has 4 nitrogen and oxygen atoms in total. The van der Waals surface area contributed by atoms with Crippen LogP contribution in [0.4, 0.5) is 0 Å². The molecular formula is C17H16O4. The number of rotatable bonds is 6. The lowest BCUT2D eigenvalue weighted by Crippen LogP contribution is -2.05. The van der Waals surface area contributed by atoms with Gasteiger partial charge in [0.1, 0.15) is 18.6 Å². The van der Waals surface area contributed by atoms with Crippen LogP contribution < -0.4 is 4.74 Å². The van der Waals surface area contributed by atoms with Gasteiger partial charge in [-0.1, -0.05) is 12.1 Å². The van der Waals surface area contributed by atoms with Crippen LogP contribution in [-0.4, -0.2) is 18.9 Å². The van der Waals surface area contributed by atoms with Gasteiger partial charge in [0, 0.05) is 5.56 Å². The van der Waals surface area contributed by atoms with E-state index in [0.29, 0.717) is 30.1 Å². The highest BCUT2D eigenvalue weighted by molar-refractivity contribution is 5.89. The molecule has 21 heavy (non-hydrogen) atoms. The Hall–Kier alpha value is -2.62. The van der Waals surface area contributed by atoms with Gasteiger partial charge in [-0.15, -0.1) is 0 Å². The van der Waals surface area contributed by atoms with Gasteiger partial charge < -0.3 is 9.47 Å². The zero-order chi connectivity index (χ0) is 15.1. The third kappa shape index (κ3) is 4.18. The number of ether oxygens (including phenoxy) is 2. The summed E-state index contributed by atoms with van der Waals surface area (Å²) in [7, 11) is 0. The Morgan fingerprint density at radius 2 is 1.90 bits per heavy atom. The van der Waals surface area contributed by atoms with Crippen LogP contribution in [-0.2, 0) is 11.3 Å². The predicted molar refractivity (Wildman–Crippen MR) is 78.6 cm³/mol. The van der Waals surface area contributed by atoms with Crippen molar-refractivity contribution in [3.05, 3.63) is 65.2 Å². The molecule has 0 aliphatic heterocycles. The Kier molecular flexibility index (Phi) is 5.10. The Labute approximate surface area is 123 Å². The Bertz CT molecular complexity index is 617. The number of esters is 1. The fourth-order valence-corrected chi connectivity index (χ4v) is 1.81. The average Bonchev–Trinajstić information content (AvgIpc) is 2.54. The van der Waals surface area contributed by atoms with Gasteiger partial charge in [0.25, 0.3) is 0 Å². The SMILES string of the molecule is CCOC(=O)c1cccc(COc2ccc(C=O)cc2)c1. The van der Waals surface area contributed by atoms with Gasteiger partial charge in [-0.05, 0) is 48.9 Å². The predicted octanol–water partition coefficient (Wildman–Crippen LogP) is 3.25. The topological polar surface area (TPSA) is 52.6 Å². The lowest BCUT2D eigenvalue weighted by molar-refractivity contribution is 0.0526. The van der Waals surface area contributed by atoms with Gasteiger partial charge in [-0.25, -0.2) is 4.79 Å². The first-order valence-corrected chi connectivity index (χ1v) is 6.67. The van der Waals surface area contributed by atoms with E-state index in [1.807, 2.05) is 6.07 Å². The van der Waals surface area contributed by atoms with Crippen LogP contribution >= 0.6 is 0 Å². The summed E-state index contributed by atoms with van der Waals surface area (Å²) in [6.45, 7) is 2.46. The molecule has 0 N–H and O–H groups in total. The number of aldehydes is 1. The van der Waals surface area contributed by atoms with Gasteiger partial charge in [0.15, 0.2) is 0 Å². The highest BCUT2D eigenvalue weighted by Gasteiger charge is 2.07. The lowest BCUT2D eigenvalue weighted by atomic mass is 10.1. The number of hydrogen-bond donors (Lipinski definition) is 0. The molecular weight excluding hydrogens is 268 g/mol. The van der Waals surface area contributed by atoms with E-state index in [4.69, 9.17) is 9.47 Å². The van der Waals surface area contributed by atoms with Gasteiger partial charge in [-0.3, -0.25) is 4.79 Å².